The van der Waals surface area contributed by atoms with Crippen molar-refractivity contribution in [3.8, 4) is 5.75 Å². The van der Waals surface area contributed by atoms with Gasteiger partial charge in [0.25, 0.3) is 0 Å². The van der Waals surface area contributed by atoms with Crippen molar-refractivity contribution in [2.45, 2.75) is 19.8 Å². The summed E-state index contributed by atoms with van der Waals surface area (Å²) in [5.74, 6) is 0.771. The van der Waals surface area contributed by atoms with Crippen molar-refractivity contribution in [2.24, 2.45) is 5.16 Å². The third-order valence-electron chi connectivity index (χ3n) is 2.88. The monoisotopic (exact) mass is 275 g/mol. The first-order chi connectivity index (χ1) is 9.35. The van der Waals surface area contributed by atoms with E-state index in [1.807, 2.05) is 31.2 Å². The van der Waals surface area contributed by atoms with Crippen molar-refractivity contribution in [3.05, 3.63) is 52.2 Å². The number of ether oxygens (including phenoxy) is 1. The molecule has 2 aromatic rings. The molecule has 1 N–H and O–H groups in total. The van der Waals surface area contributed by atoms with Crippen molar-refractivity contribution in [1.82, 2.24) is 0 Å². The number of oxime groups is 1. The summed E-state index contributed by atoms with van der Waals surface area (Å²) in [5, 5.41) is 16.5. The summed E-state index contributed by atoms with van der Waals surface area (Å²) in [4.78, 5) is 0. The minimum atomic E-state index is 0.621. The van der Waals surface area contributed by atoms with Crippen LogP contribution in [0.15, 0.2) is 46.2 Å². The van der Waals surface area contributed by atoms with Crippen LogP contribution in [0.25, 0.3) is 0 Å². The average molecular weight is 275 g/mol. The topological polar surface area (TPSA) is 41.8 Å². The Morgan fingerprint density at radius 1 is 1.32 bits per heavy atom. The summed E-state index contributed by atoms with van der Waals surface area (Å²) in [6, 6.07) is 9.77. The van der Waals surface area contributed by atoms with Crippen LogP contribution in [-0.2, 0) is 6.42 Å². The van der Waals surface area contributed by atoms with Crippen molar-refractivity contribution in [2.75, 3.05) is 6.61 Å². The molecule has 3 nitrogen and oxygen atoms in total. The number of nitrogens with zero attached hydrogens (tertiary/aromatic N) is 1. The second kappa shape index (κ2) is 6.95. The van der Waals surface area contributed by atoms with Crippen molar-refractivity contribution >= 4 is 17.0 Å². The summed E-state index contributed by atoms with van der Waals surface area (Å²) in [7, 11) is 0. The minimum absolute atomic E-state index is 0.621. The molecule has 0 unspecified atom stereocenters. The third-order valence-corrected chi connectivity index (χ3v) is 3.61. The van der Waals surface area contributed by atoms with E-state index in [-0.39, 0.29) is 0 Å². The van der Waals surface area contributed by atoms with Gasteiger partial charge in [-0.25, -0.2) is 0 Å². The van der Waals surface area contributed by atoms with Crippen LogP contribution in [0, 0.1) is 0 Å². The first-order valence-electron chi connectivity index (χ1n) is 6.29. The Morgan fingerprint density at radius 2 is 2.16 bits per heavy atom. The van der Waals surface area contributed by atoms with Crippen LogP contribution in [0.1, 0.15) is 24.5 Å². The maximum absolute atomic E-state index is 9.01. The molecule has 1 aromatic carbocycles. The zero-order chi connectivity index (χ0) is 13.5. The number of para-hydroxylation sites is 1. The Hall–Kier alpha value is -1.81. The first-order valence-corrected chi connectivity index (χ1v) is 7.23. The quantitative estimate of drug-likeness (QED) is 0.492. The van der Waals surface area contributed by atoms with E-state index < -0.39 is 0 Å². The van der Waals surface area contributed by atoms with E-state index >= 15 is 0 Å². The third kappa shape index (κ3) is 3.58. The van der Waals surface area contributed by atoms with Gasteiger partial charge in [0.2, 0.25) is 0 Å². The Bertz CT molecular complexity index is 535. The Kier molecular flexibility index (Phi) is 4.98. The molecule has 0 amide bonds. The molecule has 2 rings (SSSR count). The van der Waals surface area contributed by atoms with Crippen LogP contribution >= 0.6 is 11.3 Å². The van der Waals surface area contributed by atoms with Gasteiger partial charge in [0.05, 0.1) is 12.3 Å². The van der Waals surface area contributed by atoms with Gasteiger partial charge < -0.3 is 9.94 Å². The van der Waals surface area contributed by atoms with E-state index in [9.17, 15) is 0 Å². The number of hydrogen-bond donors (Lipinski definition) is 1. The maximum Gasteiger partial charge on any atom is 0.128 e. The fraction of sp³-hybridized carbons (Fsp3) is 0.267. The highest BCUT2D eigenvalue weighted by Gasteiger charge is 2.09. The predicted molar refractivity (Wildman–Crippen MR) is 78.6 cm³/mol. The van der Waals surface area contributed by atoms with Crippen molar-refractivity contribution in [3.63, 3.8) is 0 Å². The summed E-state index contributed by atoms with van der Waals surface area (Å²) in [6.07, 6.45) is 1.55. The molecule has 19 heavy (non-hydrogen) atoms. The van der Waals surface area contributed by atoms with Crippen LogP contribution < -0.4 is 4.74 Å². The zero-order valence-electron chi connectivity index (χ0n) is 10.9. The highest BCUT2D eigenvalue weighted by Crippen LogP contribution is 2.20. The van der Waals surface area contributed by atoms with Gasteiger partial charge in [-0.2, -0.15) is 11.3 Å². The van der Waals surface area contributed by atoms with E-state index in [0.717, 1.165) is 17.7 Å². The van der Waals surface area contributed by atoms with Gasteiger partial charge >= 0.3 is 0 Å². The molecule has 1 heterocycles. The molecule has 0 aliphatic heterocycles. The highest BCUT2D eigenvalue weighted by molar-refractivity contribution is 7.07. The van der Waals surface area contributed by atoms with Crippen LogP contribution in [0.3, 0.4) is 0 Å². The van der Waals surface area contributed by atoms with Crippen LogP contribution in [-0.4, -0.2) is 17.5 Å². The fourth-order valence-electron chi connectivity index (χ4n) is 1.86. The van der Waals surface area contributed by atoms with Crippen LogP contribution in [0.4, 0.5) is 0 Å². The lowest BCUT2D eigenvalue weighted by molar-refractivity contribution is 0.313. The van der Waals surface area contributed by atoms with E-state index in [1.165, 1.54) is 5.56 Å². The number of thiophene rings is 1. The van der Waals surface area contributed by atoms with Crippen molar-refractivity contribution in [1.29, 1.82) is 0 Å². The Labute approximate surface area is 117 Å². The van der Waals surface area contributed by atoms with Gasteiger partial charge in [-0.05, 0) is 40.9 Å². The maximum atomic E-state index is 9.01. The molecule has 100 valence electrons. The van der Waals surface area contributed by atoms with E-state index in [2.05, 4.69) is 22.0 Å². The zero-order valence-corrected chi connectivity index (χ0v) is 11.7. The fourth-order valence-corrected chi connectivity index (χ4v) is 2.56. The second-order valence-corrected chi connectivity index (χ2v) is 4.91. The lowest BCUT2D eigenvalue weighted by Gasteiger charge is -2.11. The molecule has 0 fully saturated rings. The molecule has 0 aliphatic rings. The van der Waals surface area contributed by atoms with Crippen LogP contribution in [0.2, 0.25) is 0 Å². The molecule has 4 heteroatoms. The van der Waals surface area contributed by atoms with Crippen molar-refractivity contribution < 1.29 is 9.94 Å². The van der Waals surface area contributed by atoms with Gasteiger partial charge in [0, 0.05) is 12.0 Å². The first kappa shape index (κ1) is 13.6. The second-order valence-electron chi connectivity index (χ2n) is 4.13. The van der Waals surface area contributed by atoms with Gasteiger partial charge in [0.15, 0.2) is 0 Å². The number of benzene rings is 1. The highest BCUT2D eigenvalue weighted by atomic mass is 32.1. The molecule has 0 bridgehead atoms. The van der Waals surface area contributed by atoms with Gasteiger partial charge in [-0.15, -0.1) is 0 Å². The summed E-state index contributed by atoms with van der Waals surface area (Å²) in [5.41, 5.74) is 2.79. The molecule has 0 saturated heterocycles. The molecule has 0 radical (unpaired) electrons. The number of hydrogen-bond acceptors (Lipinski definition) is 4. The summed E-state index contributed by atoms with van der Waals surface area (Å²) >= 11 is 1.69. The number of rotatable bonds is 6. The normalized spacial score (nSPS) is 11.5. The molecule has 0 spiro atoms. The van der Waals surface area contributed by atoms with Gasteiger partial charge in [0.1, 0.15) is 5.75 Å². The Balaban J connectivity index is 2.03. The largest absolute Gasteiger partial charge is 0.493 e. The van der Waals surface area contributed by atoms with Crippen LogP contribution in [0.5, 0.6) is 5.75 Å². The molecular formula is C15H17NO2S. The molecule has 1 aromatic heterocycles. The van der Waals surface area contributed by atoms with Gasteiger partial charge in [-0.1, -0.05) is 24.2 Å². The lowest BCUT2D eigenvalue weighted by atomic mass is 10.1. The molecule has 0 aliphatic carbocycles. The predicted octanol–water partition coefficient (Wildman–Crippen LogP) is 3.96. The van der Waals surface area contributed by atoms with Gasteiger partial charge in [-0.3, -0.25) is 0 Å². The summed E-state index contributed by atoms with van der Waals surface area (Å²) in [6.45, 7) is 2.58. The summed E-state index contributed by atoms with van der Waals surface area (Å²) < 4.78 is 5.81. The minimum Gasteiger partial charge on any atom is -0.493 e. The smallest absolute Gasteiger partial charge is 0.128 e. The Morgan fingerprint density at radius 3 is 2.84 bits per heavy atom. The molecule has 0 saturated carbocycles. The lowest BCUT2D eigenvalue weighted by Crippen LogP contribution is -2.06. The molecular weight excluding hydrogens is 258 g/mol. The SMILES string of the molecule is CCC(=NO)c1ccccc1OCCc1ccsc1. The average Bonchev–Trinajstić information content (AvgIpc) is 2.95. The van der Waals surface area contributed by atoms with E-state index in [1.54, 1.807) is 11.3 Å². The van der Waals surface area contributed by atoms with E-state index in [0.29, 0.717) is 18.7 Å². The standard InChI is InChI=1S/C15H17NO2S/c1-2-14(16-17)13-5-3-4-6-15(13)18-9-7-12-8-10-19-11-12/h3-6,8,10-11,17H,2,7,9H2,1H3. The molecule has 0 atom stereocenters. The van der Waals surface area contributed by atoms with E-state index in [4.69, 9.17) is 9.94 Å².